The summed E-state index contributed by atoms with van der Waals surface area (Å²) in [6, 6.07) is 71.5. The number of nitrogens with zero attached hydrogens (tertiary/aromatic N) is 7. The van der Waals surface area contributed by atoms with Gasteiger partial charge in [0.05, 0.1) is 16.6 Å². The lowest BCUT2D eigenvalue weighted by atomic mass is 10.0. The predicted molar refractivity (Wildman–Crippen MR) is 276 cm³/mol. The first kappa shape index (κ1) is 39.4. The van der Waals surface area contributed by atoms with E-state index in [2.05, 4.69) is 166 Å². The number of rotatable bonds is 10. The van der Waals surface area contributed by atoms with Gasteiger partial charge in [-0.15, -0.1) is 0 Å². The Balaban J connectivity index is 1.18. The van der Waals surface area contributed by atoms with Crippen LogP contribution in [0.2, 0.25) is 0 Å². The smallest absolute Gasteiger partial charge is 0.165 e. The van der Waals surface area contributed by atoms with Gasteiger partial charge in [-0.2, -0.15) is 0 Å². The van der Waals surface area contributed by atoms with E-state index < -0.39 is 0 Å². The van der Waals surface area contributed by atoms with Crippen LogP contribution in [0.15, 0.2) is 238 Å². The van der Waals surface area contributed by atoms with Crippen molar-refractivity contribution in [1.82, 2.24) is 33.6 Å². The summed E-state index contributed by atoms with van der Waals surface area (Å²) < 4.78 is 7.03. The third-order valence-corrected chi connectivity index (χ3v) is 12.4. The molecule has 4 aromatic heterocycles. The van der Waals surface area contributed by atoms with Gasteiger partial charge in [-0.3, -0.25) is 9.13 Å². The number of aromatic nitrogens is 7. The first-order chi connectivity index (χ1) is 33.2. The summed E-state index contributed by atoms with van der Waals surface area (Å²) in [5, 5.41) is 3.33. The van der Waals surface area contributed by atoms with Gasteiger partial charge in [0.2, 0.25) is 0 Å². The maximum atomic E-state index is 5.56. The Morgan fingerprint density at radius 2 is 0.940 bits per heavy atom. The van der Waals surface area contributed by atoms with Crippen LogP contribution in [0.25, 0.3) is 112 Å². The molecule has 0 radical (unpaired) electrons. The molecule has 7 heteroatoms. The van der Waals surface area contributed by atoms with E-state index >= 15 is 0 Å². The molecule has 0 aliphatic carbocycles. The zero-order valence-corrected chi connectivity index (χ0v) is 36.4. The van der Waals surface area contributed by atoms with Crippen LogP contribution in [0, 0.1) is 0 Å². The van der Waals surface area contributed by atoms with Gasteiger partial charge in [-0.1, -0.05) is 177 Å². The molecule has 316 valence electrons. The lowest BCUT2D eigenvalue weighted by Crippen LogP contribution is -2.02. The molecule has 0 spiro atoms. The Hall–Kier alpha value is -9.20. The molecular formula is C60H41N7. The first-order valence-electron chi connectivity index (χ1n) is 22.3. The highest BCUT2D eigenvalue weighted by Crippen LogP contribution is 2.44. The van der Waals surface area contributed by atoms with Crippen molar-refractivity contribution in [2.75, 3.05) is 0 Å². The van der Waals surface area contributed by atoms with Crippen LogP contribution in [-0.4, -0.2) is 33.6 Å². The molecule has 0 fully saturated rings. The van der Waals surface area contributed by atoms with E-state index in [0.717, 1.165) is 100 Å². The van der Waals surface area contributed by atoms with Gasteiger partial charge < -0.3 is 4.57 Å². The summed E-state index contributed by atoms with van der Waals surface area (Å²) in [5.41, 5.74) is 13.7. The van der Waals surface area contributed by atoms with Crippen LogP contribution in [0.3, 0.4) is 0 Å². The number of benzene rings is 8. The minimum atomic E-state index is 0.559. The predicted octanol–water partition coefficient (Wildman–Crippen LogP) is 14.7. The molecule has 0 saturated carbocycles. The summed E-state index contributed by atoms with van der Waals surface area (Å²) in [7, 11) is 0. The molecule has 12 rings (SSSR count). The minimum Gasteiger partial charge on any atom is -0.309 e. The normalized spacial score (nSPS) is 11.8. The van der Waals surface area contributed by atoms with E-state index in [-0.39, 0.29) is 0 Å². The van der Waals surface area contributed by atoms with Crippen LogP contribution < -0.4 is 0 Å². The Morgan fingerprint density at radius 1 is 0.403 bits per heavy atom. The van der Waals surface area contributed by atoms with Crippen molar-refractivity contribution in [2.45, 2.75) is 0 Å². The minimum absolute atomic E-state index is 0.559. The molecule has 0 aliphatic heterocycles. The van der Waals surface area contributed by atoms with E-state index in [1.165, 1.54) is 0 Å². The maximum absolute atomic E-state index is 5.56. The third-order valence-electron chi connectivity index (χ3n) is 12.4. The van der Waals surface area contributed by atoms with Crippen LogP contribution in [-0.2, 0) is 0 Å². The Labute approximate surface area is 387 Å². The molecule has 0 saturated heterocycles. The molecule has 0 N–H and O–H groups in total. The summed E-state index contributed by atoms with van der Waals surface area (Å²) in [5.74, 6) is 2.63. The third kappa shape index (κ3) is 6.68. The molecule has 67 heavy (non-hydrogen) atoms. The van der Waals surface area contributed by atoms with Crippen molar-refractivity contribution in [3.8, 4) is 62.6 Å². The van der Waals surface area contributed by atoms with E-state index in [1.54, 1.807) is 6.08 Å². The zero-order chi connectivity index (χ0) is 44.8. The average molecular weight is 860 g/mol. The van der Waals surface area contributed by atoms with Gasteiger partial charge in [-0.05, 0) is 71.8 Å². The van der Waals surface area contributed by atoms with Gasteiger partial charge in [-0.25, -0.2) is 19.9 Å². The molecule has 0 bridgehead atoms. The molecule has 0 amide bonds. The molecule has 0 aliphatic rings. The van der Waals surface area contributed by atoms with E-state index in [4.69, 9.17) is 19.9 Å². The van der Waals surface area contributed by atoms with Gasteiger partial charge in [0.25, 0.3) is 0 Å². The summed E-state index contributed by atoms with van der Waals surface area (Å²) in [6.07, 6.45) is 5.65. The standard InChI is InChI=1S/C60H41N7/c1-3-22-40(4-2)44-37-45(58-62-56(41-23-10-5-11-24-41)61-57(63-58)42-25-12-6-13-26-42)39-48(38-44)65-51-34-21-20-33-49(51)53-52(65)36-35-50-54(53)66(46-29-16-8-17-30-46)60-55(50)67(47-31-18-9-19-32-47)59(64-60)43-27-14-7-15-28-43/h3-39H,1-2H2/b40-22+. The van der Waals surface area contributed by atoms with Crippen molar-refractivity contribution < 1.29 is 0 Å². The second kappa shape index (κ2) is 16.4. The molecule has 0 unspecified atom stereocenters. The lowest BCUT2D eigenvalue weighted by Gasteiger charge is -2.15. The quantitative estimate of drug-likeness (QED) is 0.129. The van der Waals surface area contributed by atoms with Gasteiger partial charge in [0.15, 0.2) is 23.1 Å². The maximum Gasteiger partial charge on any atom is 0.165 e. The zero-order valence-electron chi connectivity index (χ0n) is 36.4. The van der Waals surface area contributed by atoms with Crippen LogP contribution >= 0.6 is 0 Å². The highest BCUT2D eigenvalue weighted by atomic mass is 15.2. The van der Waals surface area contributed by atoms with Gasteiger partial charge >= 0.3 is 0 Å². The topological polar surface area (TPSA) is 66.3 Å². The Bertz CT molecular complexity index is 3810. The van der Waals surface area contributed by atoms with Crippen LogP contribution in [0.1, 0.15) is 5.56 Å². The summed E-state index contributed by atoms with van der Waals surface area (Å²) in [6.45, 7) is 8.28. The van der Waals surface area contributed by atoms with Crippen molar-refractivity contribution in [1.29, 1.82) is 0 Å². The first-order valence-corrected chi connectivity index (χ1v) is 22.3. The lowest BCUT2D eigenvalue weighted by molar-refractivity contribution is 1.07. The molecule has 4 heterocycles. The van der Waals surface area contributed by atoms with Crippen molar-refractivity contribution >= 4 is 49.4 Å². The fourth-order valence-corrected chi connectivity index (χ4v) is 9.48. The SMILES string of the molecule is C=C/C=C(\C=C)c1cc(-c2nc(-c3ccccc3)nc(-c3ccccc3)n2)cc(-n2c3ccccc3c3c2ccc2c4c(nc(-c5ccccc5)n4-c4ccccc4)n(-c4ccccc4)c23)c1. The number of allylic oxidation sites excluding steroid dienone is 4. The summed E-state index contributed by atoms with van der Waals surface area (Å²) in [4.78, 5) is 20.9. The monoisotopic (exact) mass is 859 g/mol. The van der Waals surface area contributed by atoms with E-state index in [1.807, 2.05) is 78.9 Å². The fourth-order valence-electron chi connectivity index (χ4n) is 9.48. The number of hydrogen-bond acceptors (Lipinski definition) is 4. The van der Waals surface area contributed by atoms with Crippen LogP contribution in [0.5, 0.6) is 0 Å². The highest BCUT2D eigenvalue weighted by Gasteiger charge is 2.27. The van der Waals surface area contributed by atoms with E-state index in [0.29, 0.717) is 17.5 Å². The molecular weight excluding hydrogens is 819 g/mol. The second-order valence-electron chi connectivity index (χ2n) is 16.4. The summed E-state index contributed by atoms with van der Waals surface area (Å²) >= 11 is 0. The number of para-hydroxylation sites is 3. The van der Waals surface area contributed by atoms with Crippen molar-refractivity contribution in [3.05, 3.63) is 243 Å². The largest absolute Gasteiger partial charge is 0.309 e. The van der Waals surface area contributed by atoms with Crippen LogP contribution in [0.4, 0.5) is 0 Å². The highest BCUT2D eigenvalue weighted by molar-refractivity contribution is 6.25. The Kier molecular flexibility index (Phi) is 9.65. The average Bonchev–Trinajstić information content (AvgIpc) is 4.06. The number of hydrogen-bond donors (Lipinski definition) is 0. The van der Waals surface area contributed by atoms with Gasteiger partial charge in [0, 0.05) is 55.5 Å². The van der Waals surface area contributed by atoms with E-state index in [9.17, 15) is 0 Å². The number of imidazole rings is 1. The molecule has 0 atom stereocenters. The fraction of sp³-hybridized carbons (Fsp3) is 0. The van der Waals surface area contributed by atoms with Crippen molar-refractivity contribution in [3.63, 3.8) is 0 Å². The molecule has 12 aromatic rings. The second-order valence-corrected chi connectivity index (χ2v) is 16.4. The molecule has 8 aromatic carbocycles. The molecule has 7 nitrogen and oxygen atoms in total. The van der Waals surface area contributed by atoms with Crippen molar-refractivity contribution in [2.24, 2.45) is 0 Å². The Morgan fingerprint density at radius 3 is 1.54 bits per heavy atom. The number of fused-ring (bicyclic) bond motifs is 7. The van der Waals surface area contributed by atoms with Gasteiger partial charge in [0.1, 0.15) is 11.3 Å².